The Labute approximate surface area is 95.4 Å². The minimum atomic E-state index is -1.01. The molecule has 0 aliphatic rings. The fraction of sp³-hybridized carbons (Fsp3) is 0.200. The van der Waals surface area contributed by atoms with Crippen LogP contribution in [0, 0.1) is 0 Å². The molecule has 0 spiro atoms. The molecule has 80 valence electrons. The number of carbonyl (C=O) groups excluding carboxylic acids is 1. The van der Waals surface area contributed by atoms with Crippen LogP contribution >= 0.6 is 15.9 Å². The van der Waals surface area contributed by atoms with Gasteiger partial charge in [-0.25, -0.2) is 4.79 Å². The Morgan fingerprint density at radius 2 is 2.13 bits per heavy atom. The molecule has 1 aromatic carbocycles. The lowest BCUT2D eigenvalue weighted by Crippen LogP contribution is -2.12. The van der Waals surface area contributed by atoms with Crippen LogP contribution < -0.4 is 5.32 Å². The van der Waals surface area contributed by atoms with Gasteiger partial charge in [-0.05, 0) is 18.2 Å². The molecule has 0 aliphatic heterocycles. The van der Waals surface area contributed by atoms with E-state index in [9.17, 15) is 9.59 Å². The zero-order chi connectivity index (χ0) is 11.3. The van der Waals surface area contributed by atoms with Crippen LogP contribution in [0.4, 0.5) is 5.69 Å². The number of carboxylic acid groups (broad SMARTS) is 1. The second-order valence-corrected chi connectivity index (χ2v) is 3.67. The molecule has 0 fully saturated rings. The molecular formula is C10H10BrNO3. The second kappa shape index (κ2) is 5.50. The number of halogens is 1. The Morgan fingerprint density at radius 3 is 2.73 bits per heavy atom. The van der Waals surface area contributed by atoms with Gasteiger partial charge in [0.15, 0.2) is 0 Å². The first-order valence-electron chi connectivity index (χ1n) is 4.32. The Hall–Kier alpha value is -1.36. The molecule has 2 N–H and O–H groups in total. The molecule has 5 heteroatoms. The predicted molar refractivity (Wildman–Crippen MR) is 60.4 cm³/mol. The number of carbonyl (C=O) groups is 2. The highest BCUT2D eigenvalue weighted by molar-refractivity contribution is 9.09. The smallest absolute Gasteiger partial charge is 0.335 e. The van der Waals surface area contributed by atoms with E-state index in [0.717, 1.165) is 0 Å². The van der Waals surface area contributed by atoms with Gasteiger partial charge < -0.3 is 10.4 Å². The molecule has 0 radical (unpaired) electrons. The van der Waals surface area contributed by atoms with Gasteiger partial charge in [0, 0.05) is 17.4 Å². The number of rotatable bonds is 4. The van der Waals surface area contributed by atoms with E-state index >= 15 is 0 Å². The van der Waals surface area contributed by atoms with Crippen molar-refractivity contribution in [1.29, 1.82) is 0 Å². The van der Waals surface area contributed by atoms with Gasteiger partial charge in [-0.15, -0.1) is 0 Å². The van der Waals surface area contributed by atoms with Gasteiger partial charge in [-0.2, -0.15) is 0 Å². The van der Waals surface area contributed by atoms with Crippen molar-refractivity contribution in [2.24, 2.45) is 0 Å². The Kier molecular flexibility index (Phi) is 4.30. The van der Waals surface area contributed by atoms with E-state index in [2.05, 4.69) is 21.2 Å². The summed E-state index contributed by atoms with van der Waals surface area (Å²) in [6, 6.07) is 6.14. The van der Waals surface area contributed by atoms with Crippen molar-refractivity contribution < 1.29 is 14.7 Å². The Bertz CT molecular complexity index is 379. The van der Waals surface area contributed by atoms with Crippen LogP contribution in [0.25, 0.3) is 0 Å². The minimum absolute atomic E-state index is 0.144. The lowest BCUT2D eigenvalue weighted by molar-refractivity contribution is -0.115. The maximum absolute atomic E-state index is 11.2. The highest BCUT2D eigenvalue weighted by atomic mass is 79.9. The van der Waals surface area contributed by atoms with E-state index in [1.54, 1.807) is 12.1 Å². The van der Waals surface area contributed by atoms with Crippen molar-refractivity contribution in [2.45, 2.75) is 6.42 Å². The topological polar surface area (TPSA) is 66.4 Å². The highest BCUT2D eigenvalue weighted by Gasteiger charge is 2.05. The van der Waals surface area contributed by atoms with Gasteiger partial charge in [0.2, 0.25) is 5.91 Å². The maximum atomic E-state index is 11.2. The van der Waals surface area contributed by atoms with Crippen LogP contribution in [-0.4, -0.2) is 22.3 Å². The molecule has 0 heterocycles. The number of aromatic carboxylic acids is 1. The number of hydrogen-bond acceptors (Lipinski definition) is 2. The summed E-state index contributed by atoms with van der Waals surface area (Å²) in [5.74, 6) is -1.15. The van der Waals surface area contributed by atoms with E-state index in [1.165, 1.54) is 12.1 Å². The van der Waals surface area contributed by atoms with E-state index in [1.807, 2.05) is 0 Å². The first-order valence-corrected chi connectivity index (χ1v) is 5.45. The van der Waals surface area contributed by atoms with Crippen LogP contribution in [0.3, 0.4) is 0 Å². The van der Waals surface area contributed by atoms with Gasteiger partial charge >= 0.3 is 5.97 Å². The molecule has 1 amide bonds. The quantitative estimate of drug-likeness (QED) is 0.825. The normalized spacial score (nSPS) is 9.67. The number of benzene rings is 1. The number of hydrogen-bond donors (Lipinski definition) is 2. The third kappa shape index (κ3) is 3.71. The van der Waals surface area contributed by atoms with Crippen LogP contribution in [0.15, 0.2) is 24.3 Å². The van der Waals surface area contributed by atoms with Gasteiger partial charge in [0.05, 0.1) is 5.56 Å². The lowest BCUT2D eigenvalue weighted by Gasteiger charge is -2.04. The summed E-state index contributed by atoms with van der Waals surface area (Å²) in [6.45, 7) is 0. The highest BCUT2D eigenvalue weighted by Crippen LogP contribution is 2.11. The number of amides is 1. The van der Waals surface area contributed by atoms with Crippen LogP contribution in [0.2, 0.25) is 0 Å². The molecule has 1 aromatic rings. The summed E-state index contributed by atoms with van der Waals surface area (Å²) < 4.78 is 0. The third-order valence-electron chi connectivity index (χ3n) is 1.71. The van der Waals surface area contributed by atoms with Crippen molar-refractivity contribution in [3.8, 4) is 0 Å². The third-order valence-corrected chi connectivity index (χ3v) is 2.11. The van der Waals surface area contributed by atoms with Gasteiger partial charge in [0.25, 0.3) is 0 Å². The summed E-state index contributed by atoms with van der Waals surface area (Å²) in [6.07, 6.45) is 0.358. The molecule has 0 bridgehead atoms. The molecule has 0 atom stereocenters. The number of anilines is 1. The Morgan fingerprint density at radius 1 is 1.40 bits per heavy atom. The molecule has 0 saturated heterocycles. The first kappa shape index (κ1) is 11.7. The van der Waals surface area contributed by atoms with Gasteiger partial charge in [-0.3, -0.25) is 4.79 Å². The van der Waals surface area contributed by atoms with E-state index < -0.39 is 5.97 Å². The molecule has 4 nitrogen and oxygen atoms in total. The first-order chi connectivity index (χ1) is 7.13. The van der Waals surface area contributed by atoms with Crippen LogP contribution in [0.1, 0.15) is 16.8 Å². The molecule has 0 aromatic heterocycles. The molecular weight excluding hydrogens is 262 g/mol. The van der Waals surface area contributed by atoms with Crippen molar-refractivity contribution in [3.63, 3.8) is 0 Å². The molecule has 0 saturated carbocycles. The molecule has 0 aliphatic carbocycles. The standard InChI is InChI=1S/C10H10BrNO3/c11-5-4-9(13)12-8-3-1-2-7(6-8)10(14)15/h1-3,6H,4-5H2,(H,12,13)(H,14,15). The molecule has 1 rings (SSSR count). The summed E-state index contributed by atoms with van der Waals surface area (Å²) >= 11 is 3.15. The van der Waals surface area contributed by atoms with Crippen LogP contribution in [0.5, 0.6) is 0 Å². The Balaban J connectivity index is 2.73. The lowest BCUT2D eigenvalue weighted by atomic mass is 10.2. The van der Waals surface area contributed by atoms with E-state index in [0.29, 0.717) is 17.4 Å². The summed E-state index contributed by atoms with van der Waals surface area (Å²) in [7, 11) is 0. The molecule has 15 heavy (non-hydrogen) atoms. The largest absolute Gasteiger partial charge is 0.478 e. The zero-order valence-electron chi connectivity index (χ0n) is 7.87. The fourth-order valence-electron chi connectivity index (χ4n) is 1.04. The average molecular weight is 272 g/mol. The van der Waals surface area contributed by atoms with E-state index in [4.69, 9.17) is 5.11 Å². The zero-order valence-corrected chi connectivity index (χ0v) is 9.45. The van der Waals surface area contributed by atoms with Crippen LogP contribution in [-0.2, 0) is 4.79 Å². The molecule has 0 unspecified atom stereocenters. The predicted octanol–water partition coefficient (Wildman–Crippen LogP) is 2.11. The minimum Gasteiger partial charge on any atom is -0.478 e. The number of carboxylic acids is 1. The van der Waals surface area contributed by atoms with E-state index in [-0.39, 0.29) is 11.5 Å². The fourth-order valence-corrected chi connectivity index (χ4v) is 1.40. The van der Waals surface area contributed by atoms with Crippen molar-refractivity contribution >= 4 is 33.5 Å². The average Bonchev–Trinajstić information content (AvgIpc) is 2.18. The van der Waals surface area contributed by atoms with Gasteiger partial charge in [-0.1, -0.05) is 22.0 Å². The second-order valence-electron chi connectivity index (χ2n) is 2.87. The SMILES string of the molecule is O=C(CCBr)Nc1cccc(C(=O)O)c1. The monoisotopic (exact) mass is 271 g/mol. The van der Waals surface area contributed by atoms with Crippen molar-refractivity contribution in [2.75, 3.05) is 10.6 Å². The van der Waals surface area contributed by atoms with Gasteiger partial charge in [0.1, 0.15) is 0 Å². The van der Waals surface area contributed by atoms with Crippen molar-refractivity contribution in [1.82, 2.24) is 0 Å². The summed E-state index contributed by atoms with van der Waals surface area (Å²) in [5, 5.41) is 11.9. The maximum Gasteiger partial charge on any atom is 0.335 e. The summed E-state index contributed by atoms with van der Waals surface area (Å²) in [5.41, 5.74) is 0.660. The number of alkyl halides is 1. The summed E-state index contributed by atoms with van der Waals surface area (Å²) in [4.78, 5) is 21.8. The van der Waals surface area contributed by atoms with Crippen molar-refractivity contribution in [3.05, 3.63) is 29.8 Å². The number of nitrogens with one attached hydrogen (secondary N) is 1.